The van der Waals surface area contributed by atoms with Gasteiger partial charge < -0.3 is 70.9 Å². The lowest BCUT2D eigenvalue weighted by atomic mass is 9.97. The summed E-state index contributed by atoms with van der Waals surface area (Å²) in [4.78, 5) is 59.6. The number of aliphatic hydroxyl groups is 3. The molecule has 0 bridgehead atoms. The molecule has 23 heteroatoms. The summed E-state index contributed by atoms with van der Waals surface area (Å²) >= 11 is 1.89. The molecular formula is C42H73N9O13S. The van der Waals surface area contributed by atoms with Gasteiger partial charge >= 0.3 is 6.03 Å². The van der Waals surface area contributed by atoms with Crippen LogP contribution in [0.1, 0.15) is 89.7 Å². The Morgan fingerprint density at radius 3 is 2.09 bits per heavy atom. The van der Waals surface area contributed by atoms with E-state index in [4.69, 9.17) is 23.7 Å². The number of ether oxygens (including phenoxy) is 5. The van der Waals surface area contributed by atoms with Crippen molar-refractivity contribution in [3.63, 3.8) is 0 Å². The van der Waals surface area contributed by atoms with Crippen LogP contribution >= 0.6 is 11.8 Å². The van der Waals surface area contributed by atoms with Crippen molar-refractivity contribution in [2.24, 2.45) is 0 Å². The van der Waals surface area contributed by atoms with Crippen LogP contribution in [0.5, 0.6) is 0 Å². The van der Waals surface area contributed by atoms with Crippen LogP contribution in [0.25, 0.3) is 0 Å². The van der Waals surface area contributed by atoms with Gasteiger partial charge in [-0.3, -0.25) is 23.9 Å². The Bertz CT molecular complexity index is 1560. The maximum atomic E-state index is 12.3. The molecule has 3 saturated heterocycles. The molecule has 65 heavy (non-hydrogen) atoms. The number of carbonyl (C=O) groups is 5. The number of amides is 6. The predicted molar refractivity (Wildman–Crippen MR) is 237 cm³/mol. The fourth-order valence-electron chi connectivity index (χ4n) is 7.54. The highest BCUT2D eigenvalue weighted by atomic mass is 32.2. The Kier molecular flexibility index (Phi) is 26.0. The fraction of sp³-hybridized carbons (Fsp3) is 0.833. The first-order chi connectivity index (χ1) is 31.5. The van der Waals surface area contributed by atoms with Crippen molar-refractivity contribution in [1.29, 1.82) is 0 Å². The van der Waals surface area contributed by atoms with E-state index in [1.165, 1.54) is 6.92 Å². The minimum absolute atomic E-state index is 0.0222. The monoisotopic (exact) mass is 944 g/mol. The molecule has 0 spiro atoms. The number of hydrogen-bond donors (Lipinski definition) is 9. The van der Waals surface area contributed by atoms with Gasteiger partial charge in [-0.2, -0.15) is 11.8 Å². The average molecular weight is 944 g/mol. The van der Waals surface area contributed by atoms with Gasteiger partial charge in [-0.05, 0) is 44.9 Å². The Morgan fingerprint density at radius 2 is 1.43 bits per heavy atom. The molecule has 22 nitrogen and oxygen atoms in total. The fourth-order valence-corrected chi connectivity index (χ4v) is 9.09. The summed E-state index contributed by atoms with van der Waals surface area (Å²) < 4.78 is 29.6. The smallest absolute Gasteiger partial charge is 0.315 e. The maximum absolute atomic E-state index is 12.3. The first kappa shape index (κ1) is 53.9. The molecule has 0 saturated carbocycles. The number of urea groups is 1. The molecule has 9 N–H and O–H groups in total. The van der Waals surface area contributed by atoms with Gasteiger partial charge in [0.05, 0.1) is 57.4 Å². The van der Waals surface area contributed by atoms with Crippen LogP contribution in [0.3, 0.4) is 0 Å². The zero-order valence-corrected chi connectivity index (χ0v) is 38.6. The van der Waals surface area contributed by atoms with E-state index >= 15 is 0 Å². The van der Waals surface area contributed by atoms with Gasteiger partial charge in [-0.15, -0.1) is 5.10 Å². The zero-order valence-electron chi connectivity index (χ0n) is 37.8. The minimum Gasteiger partial charge on any atom is -0.394 e. The normalized spacial score (nSPS) is 23.7. The summed E-state index contributed by atoms with van der Waals surface area (Å²) in [6, 6.07) is -0.632. The quantitative estimate of drug-likeness (QED) is 0.0292. The van der Waals surface area contributed by atoms with Gasteiger partial charge in [0.25, 0.3) is 0 Å². The topological polar surface area (TPSA) is 295 Å². The van der Waals surface area contributed by atoms with Crippen LogP contribution in [-0.4, -0.2) is 186 Å². The lowest BCUT2D eigenvalue weighted by Crippen LogP contribution is -2.64. The first-order valence-corrected chi connectivity index (χ1v) is 24.2. The largest absolute Gasteiger partial charge is 0.394 e. The third-order valence-electron chi connectivity index (χ3n) is 11.1. The van der Waals surface area contributed by atoms with Crippen LogP contribution in [0, 0.1) is 0 Å². The van der Waals surface area contributed by atoms with E-state index in [1.54, 1.807) is 10.9 Å². The average Bonchev–Trinajstić information content (AvgIpc) is 4.01. The van der Waals surface area contributed by atoms with Gasteiger partial charge in [0.15, 0.2) is 6.29 Å². The van der Waals surface area contributed by atoms with E-state index in [9.17, 15) is 39.3 Å². The Morgan fingerprint density at radius 1 is 0.800 bits per heavy atom. The summed E-state index contributed by atoms with van der Waals surface area (Å²) in [6.45, 7) is 5.80. The Hall–Kier alpha value is -3.68. The van der Waals surface area contributed by atoms with Gasteiger partial charge in [0.1, 0.15) is 24.4 Å². The Balaban J connectivity index is 0.846. The number of fused-ring (bicyclic) bond motifs is 1. The standard InChI is InChI=1S/C42H73N9O13S/c1-29(53)46-38-40(58)39(57)32(27-52)64-41(38)63-21-9-18-51-26-30(49-50-51)13-14-36(56)45-17-8-20-61-23-25-62-24-22-60-19-7-16-44-34(54)11-3-2-6-15-43-35(55)12-5-4-10-33-37-31(28-65-33)47-42(59)48-37/h26,31-33,37-41,52,57-58H,2-25,27-28H2,1H3,(H,43,55)(H,44,54)(H,45,56)(H,46,53)(H2,47,48,59)/t31-,32+,33-,37-,38+,39+,40+,41+/m0/s1. The summed E-state index contributed by atoms with van der Waals surface area (Å²) in [5, 5.41) is 55.8. The van der Waals surface area contributed by atoms with Crippen LogP contribution in [0.15, 0.2) is 6.20 Å². The molecule has 370 valence electrons. The molecule has 1 aromatic rings. The molecule has 3 fully saturated rings. The highest BCUT2D eigenvalue weighted by Gasteiger charge is 2.45. The number of aromatic nitrogens is 3. The number of unbranched alkanes of at least 4 members (excludes halogenated alkanes) is 3. The second-order valence-corrected chi connectivity index (χ2v) is 17.7. The van der Waals surface area contributed by atoms with E-state index < -0.39 is 43.2 Å². The highest BCUT2D eigenvalue weighted by Crippen LogP contribution is 2.33. The molecule has 8 atom stereocenters. The molecular weight excluding hydrogens is 871 g/mol. The molecule has 4 heterocycles. The second-order valence-electron chi connectivity index (χ2n) is 16.4. The third-order valence-corrected chi connectivity index (χ3v) is 12.6. The number of carbonyl (C=O) groups excluding carboxylic acids is 5. The van der Waals surface area contributed by atoms with Crippen LogP contribution in [0.2, 0.25) is 0 Å². The number of rotatable bonds is 35. The van der Waals surface area contributed by atoms with Crippen molar-refractivity contribution in [3.8, 4) is 0 Å². The van der Waals surface area contributed by atoms with Gasteiger partial charge in [0.2, 0.25) is 23.6 Å². The summed E-state index contributed by atoms with van der Waals surface area (Å²) in [5.74, 6) is 0.511. The lowest BCUT2D eigenvalue weighted by Gasteiger charge is -2.42. The van der Waals surface area contributed by atoms with Crippen molar-refractivity contribution in [1.82, 2.24) is 46.9 Å². The maximum Gasteiger partial charge on any atom is 0.315 e. The number of nitrogens with one attached hydrogen (secondary N) is 6. The lowest BCUT2D eigenvalue weighted by molar-refractivity contribution is -0.270. The summed E-state index contributed by atoms with van der Waals surface area (Å²) in [6.07, 6.45) is 5.71. The van der Waals surface area contributed by atoms with Crippen molar-refractivity contribution >= 4 is 41.4 Å². The van der Waals surface area contributed by atoms with E-state index in [0.29, 0.717) is 115 Å². The summed E-state index contributed by atoms with van der Waals surface area (Å²) in [7, 11) is 0. The summed E-state index contributed by atoms with van der Waals surface area (Å²) in [5.41, 5.74) is 0.666. The van der Waals surface area contributed by atoms with Crippen molar-refractivity contribution in [3.05, 3.63) is 11.9 Å². The molecule has 4 rings (SSSR count). The molecule has 0 radical (unpaired) electrons. The van der Waals surface area contributed by atoms with Gasteiger partial charge in [-0.25, -0.2) is 4.79 Å². The van der Waals surface area contributed by atoms with Crippen molar-refractivity contribution in [2.75, 3.05) is 78.2 Å². The molecule has 0 aromatic carbocycles. The van der Waals surface area contributed by atoms with E-state index in [1.807, 2.05) is 11.8 Å². The molecule has 3 aliphatic heterocycles. The molecule has 0 unspecified atom stereocenters. The number of aryl methyl sites for hydroxylation is 2. The molecule has 3 aliphatic rings. The molecule has 1 aromatic heterocycles. The van der Waals surface area contributed by atoms with E-state index in [0.717, 1.165) is 44.3 Å². The van der Waals surface area contributed by atoms with Crippen molar-refractivity contribution in [2.45, 2.75) is 145 Å². The number of thioether (sulfide) groups is 1. The Labute approximate surface area is 385 Å². The van der Waals surface area contributed by atoms with Gasteiger partial charge in [-0.1, -0.05) is 18.1 Å². The van der Waals surface area contributed by atoms with E-state index in [-0.39, 0.29) is 48.9 Å². The second kappa shape index (κ2) is 31.3. The number of hydrogen-bond acceptors (Lipinski definition) is 16. The van der Waals surface area contributed by atoms with E-state index in [2.05, 4.69) is 42.2 Å². The highest BCUT2D eigenvalue weighted by molar-refractivity contribution is 8.00. The SMILES string of the molecule is CC(=O)N[C@H]1[C@H](OCCCn2cc(CCC(=O)NCCCOCCOCCOCCCNC(=O)CCCCCNC(=O)CCCC[C@@H]3SC[C@@H]4NC(=O)N[C@@H]43)nn2)O[C@H](CO)[C@@H](O)[C@@H]1O. The van der Waals surface area contributed by atoms with Crippen molar-refractivity contribution < 1.29 is 63.0 Å². The zero-order chi connectivity index (χ0) is 46.7. The predicted octanol–water partition coefficient (Wildman–Crippen LogP) is -0.974. The number of aliphatic hydroxyl groups excluding tert-OH is 3. The van der Waals surface area contributed by atoms with Crippen LogP contribution < -0.4 is 31.9 Å². The number of nitrogens with zero attached hydrogens (tertiary/aromatic N) is 3. The first-order valence-electron chi connectivity index (χ1n) is 23.2. The van der Waals surface area contributed by atoms with Gasteiger partial charge in [0, 0.05) is 89.2 Å². The molecule has 6 amide bonds. The minimum atomic E-state index is -1.38. The van der Waals surface area contributed by atoms with Crippen LogP contribution in [0.4, 0.5) is 4.79 Å². The third kappa shape index (κ3) is 21.2. The molecule has 0 aliphatic carbocycles. The van der Waals surface area contributed by atoms with Crippen LogP contribution in [-0.2, 0) is 55.8 Å².